The lowest BCUT2D eigenvalue weighted by Crippen LogP contribution is -2.52. The molecule has 0 spiro atoms. The molecule has 1 unspecified atom stereocenters. The third-order valence-corrected chi connectivity index (χ3v) is 4.14. The van der Waals surface area contributed by atoms with Gasteiger partial charge in [0.2, 0.25) is 0 Å². The summed E-state index contributed by atoms with van der Waals surface area (Å²) in [7, 11) is 0. The number of rotatable bonds is 7. The normalized spacial score (nSPS) is 12.8. The van der Waals surface area contributed by atoms with Gasteiger partial charge in [0.05, 0.1) is 17.4 Å². The van der Waals surface area contributed by atoms with E-state index < -0.39 is 35.1 Å². The molecule has 0 bridgehead atoms. The maximum atomic E-state index is 12.7. The Hall–Kier alpha value is -3.21. The van der Waals surface area contributed by atoms with Crippen molar-refractivity contribution in [1.29, 1.82) is 0 Å². The fourth-order valence-electron chi connectivity index (χ4n) is 2.75. The van der Waals surface area contributed by atoms with Crippen LogP contribution in [0.1, 0.15) is 27.9 Å². The highest BCUT2D eigenvalue weighted by molar-refractivity contribution is 6.06. The van der Waals surface area contributed by atoms with Crippen molar-refractivity contribution in [2.45, 2.75) is 18.8 Å². The van der Waals surface area contributed by atoms with Crippen LogP contribution in [0.15, 0.2) is 66.7 Å². The number of carboxylic acid groups (broad SMARTS) is 2. The van der Waals surface area contributed by atoms with Gasteiger partial charge in [-0.15, -0.1) is 0 Å². The van der Waals surface area contributed by atoms with Gasteiger partial charge in [0.25, 0.3) is 0 Å². The molecule has 25 heavy (non-hydrogen) atoms. The van der Waals surface area contributed by atoms with Gasteiger partial charge in [-0.1, -0.05) is 60.7 Å². The minimum Gasteiger partial charge on any atom is -0.549 e. The standard InChI is InChI=1S/C20H18O5/c1-13-7-6-8-15(11-13)17(21)12-20(19(24)25,14(2)18(22)23)16-9-4-3-5-10-16/h3-11H,2,12H2,1H3,(H,22,23)(H,24,25)/p-2. The Kier molecular flexibility index (Phi) is 5.17. The first kappa shape index (κ1) is 18.1. The molecule has 1 atom stereocenters. The Labute approximate surface area is 145 Å². The molecular weight excluding hydrogens is 320 g/mol. The number of carbonyl (C=O) groups is 3. The Morgan fingerprint density at radius 2 is 1.64 bits per heavy atom. The second-order valence-electron chi connectivity index (χ2n) is 5.79. The molecule has 128 valence electrons. The highest BCUT2D eigenvalue weighted by Crippen LogP contribution is 2.36. The van der Waals surface area contributed by atoms with Gasteiger partial charge in [0, 0.05) is 12.0 Å². The van der Waals surface area contributed by atoms with E-state index in [4.69, 9.17) is 0 Å². The summed E-state index contributed by atoms with van der Waals surface area (Å²) in [4.78, 5) is 36.0. The van der Waals surface area contributed by atoms with Gasteiger partial charge < -0.3 is 19.8 Å². The van der Waals surface area contributed by atoms with Crippen LogP contribution in [0.25, 0.3) is 0 Å². The minimum atomic E-state index is -2.21. The van der Waals surface area contributed by atoms with E-state index in [0.717, 1.165) is 5.56 Å². The first-order chi connectivity index (χ1) is 11.8. The maximum absolute atomic E-state index is 12.7. The van der Waals surface area contributed by atoms with Crippen LogP contribution in [0, 0.1) is 6.92 Å². The maximum Gasteiger partial charge on any atom is 0.164 e. The lowest BCUT2D eigenvalue weighted by Gasteiger charge is -2.37. The van der Waals surface area contributed by atoms with Gasteiger partial charge >= 0.3 is 0 Å². The van der Waals surface area contributed by atoms with Crippen molar-refractivity contribution in [3.05, 3.63) is 83.4 Å². The number of aliphatic carboxylic acids is 2. The van der Waals surface area contributed by atoms with Crippen molar-refractivity contribution in [2.75, 3.05) is 0 Å². The molecule has 5 nitrogen and oxygen atoms in total. The lowest BCUT2D eigenvalue weighted by atomic mass is 9.70. The summed E-state index contributed by atoms with van der Waals surface area (Å²) in [6.45, 7) is 5.15. The second kappa shape index (κ2) is 7.13. The van der Waals surface area contributed by atoms with E-state index in [-0.39, 0.29) is 11.1 Å². The molecule has 0 N–H and O–H groups in total. The largest absolute Gasteiger partial charge is 0.549 e. The van der Waals surface area contributed by atoms with E-state index in [1.54, 1.807) is 49.4 Å². The van der Waals surface area contributed by atoms with Gasteiger partial charge in [-0.2, -0.15) is 0 Å². The molecule has 2 aromatic carbocycles. The number of aryl methyl sites for hydroxylation is 1. The highest BCUT2D eigenvalue weighted by Gasteiger charge is 2.40. The van der Waals surface area contributed by atoms with Crippen molar-refractivity contribution < 1.29 is 24.6 Å². The predicted molar refractivity (Wildman–Crippen MR) is 87.4 cm³/mol. The molecule has 0 aliphatic heterocycles. The van der Waals surface area contributed by atoms with Crippen LogP contribution in [0.5, 0.6) is 0 Å². The third kappa shape index (κ3) is 3.50. The number of Topliss-reactive ketones (excluding diaryl/α,β-unsaturated/α-hetero) is 1. The number of benzene rings is 2. The Bertz CT molecular complexity index is 838. The van der Waals surface area contributed by atoms with Crippen LogP contribution >= 0.6 is 0 Å². The van der Waals surface area contributed by atoms with Crippen LogP contribution in [-0.4, -0.2) is 17.7 Å². The molecular formula is C20H16O5-2. The molecule has 2 rings (SSSR count). The van der Waals surface area contributed by atoms with Gasteiger partial charge in [-0.05, 0) is 24.1 Å². The van der Waals surface area contributed by atoms with Crippen LogP contribution in [0.2, 0.25) is 0 Å². The van der Waals surface area contributed by atoms with Crippen molar-refractivity contribution in [1.82, 2.24) is 0 Å². The Morgan fingerprint density at radius 3 is 2.16 bits per heavy atom. The van der Waals surface area contributed by atoms with E-state index in [1.807, 2.05) is 0 Å². The van der Waals surface area contributed by atoms with Crippen LogP contribution in [0.4, 0.5) is 0 Å². The number of hydrogen-bond acceptors (Lipinski definition) is 5. The highest BCUT2D eigenvalue weighted by atomic mass is 16.4. The molecule has 0 aromatic heterocycles. The number of carbonyl (C=O) groups excluding carboxylic acids is 3. The number of carboxylic acids is 2. The Morgan fingerprint density at radius 1 is 1.00 bits per heavy atom. The van der Waals surface area contributed by atoms with Crippen molar-refractivity contribution >= 4 is 17.7 Å². The van der Waals surface area contributed by atoms with Crippen LogP contribution < -0.4 is 10.2 Å². The lowest BCUT2D eigenvalue weighted by molar-refractivity contribution is -0.317. The van der Waals surface area contributed by atoms with E-state index in [9.17, 15) is 24.6 Å². The van der Waals surface area contributed by atoms with E-state index >= 15 is 0 Å². The monoisotopic (exact) mass is 336 g/mol. The fourth-order valence-corrected chi connectivity index (χ4v) is 2.75. The van der Waals surface area contributed by atoms with Crippen molar-refractivity contribution in [2.24, 2.45) is 0 Å². The van der Waals surface area contributed by atoms with E-state index in [2.05, 4.69) is 6.58 Å². The van der Waals surface area contributed by atoms with Gasteiger partial charge in [-0.25, -0.2) is 0 Å². The molecule has 0 radical (unpaired) electrons. The molecule has 2 aromatic rings. The predicted octanol–water partition coefficient (Wildman–Crippen LogP) is 0.562. The summed E-state index contributed by atoms with van der Waals surface area (Å²) >= 11 is 0. The summed E-state index contributed by atoms with van der Waals surface area (Å²) < 4.78 is 0. The fraction of sp³-hybridized carbons (Fsp3) is 0.150. The average molecular weight is 336 g/mol. The summed E-state index contributed by atoms with van der Waals surface area (Å²) in [5, 5.41) is 23.4. The van der Waals surface area contributed by atoms with Crippen molar-refractivity contribution in [3.8, 4) is 0 Å². The van der Waals surface area contributed by atoms with E-state index in [0.29, 0.717) is 0 Å². The number of ketones is 1. The molecule has 0 saturated heterocycles. The topological polar surface area (TPSA) is 97.3 Å². The summed E-state index contributed by atoms with van der Waals surface area (Å²) in [6.07, 6.45) is -0.629. The summed E-state index contributed by atoms with van der Waals surface area (Å²) in [6, 6.07) is 14.2. The van der Waals surface area contributed by atoms with Gasteiger partial charge in [0.15, 0.2) is 5.78 Å². The summed E-state index contributed by atoms with van der Waals surface area (Å²) in [5.74, 6) is -3.99. The zero-order chi connectivity index (χ0) is 18.6. The average Bonchev–Trinajstić information content (AvgIpc) is 2.59. The Balaban J connectivity index is 2.58. The number of hydrogen-bond donors (Lipinski definition) is 0. The van der Waals surface area contributed by atoms with Gasteiger partial charge in [0.1, 0.15) is 0 Å². The van der Waals surface area contributed by atoms with Crippen LogP contribution in [0.3, 0.4) is 0 Å². The quantitative estimate of drug-likeness (QED) is 0.544. The van der Waals surface area contributed by atoms with Gasteiger partial charge in [-0.3, -0.25) is 4.79 Å². The second-order valence-corrected chi connectivity index (χ2v) is 5.79. The molecule has 0 aliphatic rings. The smallest absolute Gasteiger partial charge is 0.164 e. The molecule has 0 amide bonds. The third-order valence-electron chi connectivity index (χ3n) is 4.14. The molecule has 0 fully saturated rings. The summed E-state index contributed by atoms with van der Waals surface area (Å²) in [5.41, 5.74) is -1.72. The van der Waals surface area contributed by atoms with Crippen molar-refractivity contribution in [3.63, 3.8) is 0 Å². The molecule has 0 heterocycles. The molecule has 5 heteroatoms. The SMILES string of the molecule is C=C(C(=O)[O-])C(CC(=O)c1cccc(C)c1)(C(=O)[O-])c1ccccc1. The molecule has 0 aliphatic carbocycles. The zero-order valence-corrected chi connectivity index (χ0v) is 13.7. The first-order valence-corrected chi connectivity index (χ1v) is 7.56. The molecule has 0 saturated carbocycles. The van der Waals surface area contributed by atoms with E-state index in [1.165, 1.54) is 12.1 Å². The van der Waals surface area contributed by atoms with Crippen LogP contribution in [-0.2, 0) is 15.0 Å². The minimum absolute atomic E-state index is 0.102. The zero-order valence-electron chi connectivity index (χ0n) is 13.7. The first-order valence-electron chi connectivity index (χ1n) is 7.56.